The summed E-state index contributed by atoms with van der Waals surface area (Å²) in [4.78, 5) is 41.7. The summed E-state index contributed by atoms with van der Waals surface area (Å²) in [5.74, 6) is -0.865. The van der Waals surface area contributed by atoms with Crippen LogP contribution in [0.5, 0.6) is 0 Å². The predicted octanol–water partition coefficient (Wildman–Crippen LogP) is 4.71. The second-order valence-electron chi connectivity index (χ2n) is 10.5. The highest BCUT2D eigenvalue weighted by molar-refractivity contribution is 6.27. The van der Waals surface area contributed by atoms with Crippen molar-refractivity contribution in [1.29, 1.82) is 0 Å². The number of hydrogen-bond acceptors (Lipinski definition) is 4. The molecule has 1 unspecified atom stereocenters. The van der Waals surface area contributed by atoms with Crippen molar-refractivity contribution in [3.63, 3.8) is 0 Å². The average molecular weight is 502 g/mol. The van der Waals surface area contributed by atoms with E-state index >= 15 is 0 Å². The van der Waals surface area contributed by atoms with Crippen LogP contribution >= 0.6 is 0 Å². The Labute approximate surface area is 220 Å². The van der Waals surface area contributed by atoms with E-state index in [0.717, 1.165) is 48.1 Å². The first-order chi connectivity index (χ1) is 18.5. The van der Waals surface area contributed by atoms with Crippen LogP contribution in [0.1, 0.15) is 51.0 Å². The van der Waals surface area contributed by atoms with Gasteiger partial charge in [0.2, 0.25) is 11.8 Å². The summed E-state index contributed by atoms with van der Waals surface area (Å²) in [6, 6.07) is 26.6. The summed E-state index contributed by atoms with van der Waals surface area (Å²) in [6.07, 6.45) is 1.32. The molecule has 0 aliphatic carbocycles. The first-order valence-corrected chi connectivity index (χ1v) is 13.1. The maximum absolute atomic E-state index is 13.4. The van der Waals surface area contributed by atoms with Gasteiger partial charge in [0, 0.05) is 37.0 Å². The van der Waals surface area contributed by atoms with Gasteiger partial charge in [0.1, 0.15) is 6.04 Å². The normalized spacial score (nSPS) is 18.8. The van der Waals surface area contributed by atoms with E-state index in [1.54, 1.807) is 4.90 Å². The number of hydrogen-bond donors (Lipinski definition) is 1. The number of nitrogens with zero attached hydrogens (tertiary/aromatic N) is 2. The third-order valence-electron chi connectivity index (χ3n) is 8.07. The molecule has 1 atom stereocenters. The number of anilines is 1. The topological polar surface area (TPSA) is 69.7 Å². The molecule has 3 aliphatic rings. The maximum atomic E-state index is 13.4. The number of fused-ring (bicyclic) bond motifs is 1. The molecule has 3 aliphatic heterocycles. The Bertz CT molecular complexity index is 1600. The van der Waals surface area contributed by atoms with E-state index in [1.165, 1.54) is 22.3 Å². The molecule has 188 valence electrons. The molecule has 1 saturated heterocycles. The number of carbonyl (C=O) groups is 3. The molecular formula is C32H27N3O3. The van der Waals surface area contributed by atoms with Crippen LogP contribution in [0.25, 0.3) is 10.8 Å². The summed E-state index contributed by atoms with van der Waals surface area (Å²) in [5, 5.41) is 4.31. The average Bonchev–Trinajstić information content (AvgIpc) is 3.46. The lowest BCUT2D eigenvalue weighted by atomic mass is 9.95. The monoisotopic (exact) mass is 501 g/mol. The van der Waals surface area contributed by atoms with E-state index in [2.05, 4.69) is 70.9 Å². The lowest BCUT2D eigenvalue weighted by Gasteiger charge is -2.30. The SMILES string of the molecule is O=C1CCC(N2C(=O)c3cccc4c(Cc5ccc(CN6Cc7ccccc7C6)cc5)ccc2c34)C(=O)N1. The fourth-order valence-electron chi connectivity index (χ4n) is 6.21. The Kier molecular flexibility index (Phi) is 5.37. The van der Waals surface area contributed by atoms with Crippen molar-refractivity contribution in [2.45, 2.75) is 44.9 Å². The molecule has 6 nitrogen and oxygen atoms in total. The van der Waals surface area contributed by atoms with Gasteiger partial charge in [0.25, 0.3) is 5.91 Å². The van der Waals surface area contributed by atoms with Crippen molar-refractivity contribution in [3.8, 4) is 0 Å². The minimum absolute atomic E-state index is 0.175. The molecule has 3 heterocycles. The van der Waals surface area contributed by atoms with Gasteiger partial charge < -0.3 is 0 Å². The lowest BCUT2D eigenvalue weighted by Crippen LogP contribution is -2.53. The highest BCUT2D eigenvalue weighted by Gasteiger charge is 2.40. The van der Waals surface area contributed by atoms with Crippen LogP contribution < -0.4 is 10.2 Å². The van der Waals surface area contributed by atoms with Gasteiger partial charge in [0.05, 0.1) is 5.69 Å². The molecule has 0 aromatic heterocycles. The van der Waals surface area contributed by atoms with Crippen molar-refractivity contribution >= 4 is 34.2 Å². The molecular weight excluding hydrogens is 474 g/mol. The van der Waals surface area contributed by atoms with E-state index in [4.69, 9.17) is 0 Å². The number of imide groups is 1. The number of rotatable bonds is 5. The zero-order valence-electron chi connectivity index (χ0n) is 20.9. The summed E-state index contributed by atoms with van der Waals surface area (Å²) in [6.45, 7) is 2.91. The van der Waals surface area contributed by atoms with Gasteiger partial charge in [-0.3, -0.25) is 29.5 Å². The van der Waals surface area contributed by atoms with Crippen molar-refractivity contribution in [2.24, 2.45) is 0 Å². The Morgan fingerprint density at radius 2 is 1.53 bits per heavy atom. The van der Waals surface area contributed by atoms with Crippen molar-refractivity contribution in [3.05, 3.63) is 112 Å². The van der Waals surface area contributed by atoms with Crippen LogP contribution in [-0.4, -0.2) is 28.7 Å². The molecule has 4 aromatic rings. The molecule has 0 bridgehead atoms. The minimum atomic E-state index is -0.669. The van der Waals surface area contributed by atoms with Gasteiger partial charge in [-0.05, 0) is 58.2 Å². The number of piperidine rings is 1. The van der Waals surface area contributed by atoms with Crippen molar-refractivity contribution < 1.29 is 14.4 Å². The Morgan fingerprint density at radius 1 is 0.789 bits per heavy atom. The predicted molar refractivity (Wildman–Crippen MR) is 146 cm³/mol. The summed E-state index contributed by atoms with van der Waals surface area (Å²) in [5.41, 5.74) is 7.87. The molecule has 0 spiro atoms. The highest BCUT2D eigenvalue weighted by Crippen LogP contribution is 2.41. The second-order valence-corrected chi connectivity index (χ2v) is 10.5. The summed E-state index contributed by atoms with van der Waals surface area (Å²) < 4.78 is 0. The highest BCUT2D eigenvalue weighted by atomic mass is 16.2. The minimum Gasteiger partial charge on any atom is -0.295 e. The molecule has 1 N–H and O–H groups in total. The van der Waals surface area contributed by atoms with Gasteiger partial charge in [-0.1, -0.05) is 66.7 Å². The summed E-state index contributed by atoms with van der Waals surface area (Å²) in [7, 11) is 0. The number of nitrogens with one attached hydrogen (secondary N) is 1. The van der Waals surface area contributed by atoms with Gasteiger partial charge in [0.15, 0.2) is 0 Å². The van der Waals surface area contributed by atoms with E-state index in [1.807, 2.05) is 18.2 Å². The van der Waals surface area contributed by atoms with Gasteiger partial charge >= 0.3 is 0 Å². The van der Waals surface area contributed by atoms with E-state index < -0.39 is 11.9 Å². The Hall–Kier alpha value is -4.29. The molecule has 0 radical (unpaired) electrons. The fraction of sp³-hybridized carbons (Fsp3) is 0.219. The first-order valence-electron chi connectivity index (χ1n) is 13.1. The first kappa shape index (κ1) is 22.9. The zero-order chi connectivity index (χ0) is 25.8. The largest absolute Gasteiger partial charge is 0.295 e. The summed E-state index contributed by atoms with van der Waals surface area (Å²) >= 11 is 0. The maximum Gasteiger partial charge on any atom is 0.259 e. The van der Waals surface area contributed by atoms with Crippen molar-refractivity contribution in [2.75, 3.05) is 4.90 Å². The molecule has 6 heteroatoms. The van der Waals surface area contributed by atoms with E-state index in [9.17, 15) is 14.4 Å². The van der Waals surface area contributed by atoms with Crippen LogP contribution in [0.15, 0.2) is 78.9 Å². The quantitative estimate of drug-likeness (QED) is 0.402. The fourth-order valence-corrected chi connectivity index (χ4v) is 6.21. The molecule has 1 fully saturated rings. The van der Waals surface area contributed by atoms with Crippen LogP contribution in [0.2, 0.25) is 0 Å². The molecule has 0 saturated carbocycles. The molecule has 3 amide bonds. The molecule has 7 rings (SSSR count). The van der Waals surface area contributed by atoms with Crippen LogP contribution in [-0.2, 0) is 35.6 Å². The standard InChI is InChI=1S/C32H27N3O3/c36-29-15-14-28(31(37)33-29)35-27-13-12-22(25-6-3-7-26(30(25)27)32(35)38)16-20-8-10-21(11-9-20)17-34-18-23-4-1-2-5-24(23)19-34/h1-13,28H,14-19H2,(H,33,36,37). The third-order valence-corrected chi connectivity index (χ3v) is 8.07. The smallest absolute Gasteiger partial charge is 0.259 e. The number of amides is 3. The number of benzene rings is 4. The van der Waals surface area contributed by atoms with E-state index in [0.29, 0.717) is 12.0 Å². The molecule has 4 aromatic carbocycles. The van der Waals surface area contributed by atoms with Gasteiger partial charge in [-0.2, -0.15) is 0 Å². The molecule has 38 heavy (non-hydrogen) atoms. The van der Waals surface area contributed by atoms with Crippen LogP contribution in [0.4, 0.5) is 5.69 Å². The third kappa shape index (κ3) is 3.80. The van der Waals surface area contributed by atoms with Crippen LogP contribution in [0, 0.1) is 0 Å². The Balaban J connectivity index is 1.12. The zero-order valence-corrected chi connectivity index (χ0v) is 20.9. The Morgan fingerprint density at radius 3 is 2.26 bits per heavy atom. The number of carbonyl (C=O) groups excluding carboxylic acids is 3. The van der Waals surface area contributed by atoms with Gasteiger partial charge in [-0.25, -0.2) is 0 Å². The van der Waals surface area contributed by atoms with Gasteiger partial charge in [-0.15, -0.1) is 0 Å². The van der Waals surface area contributed by atoms with Crippen LogP contribution in [0.3, 0.4) is 0 Å². The second kappa shape index (κ2) is 8.92. The lowest BCUT2D eigenvalue weighted by molar-refractivity contribution is -0.134. The van der Waals surface area contributed by atoms with E-state index in [-0.39, 0.29) is 18.2 Å². The van der Waals surface area contributed by atoms with Crippen molar-refractivity contribution in [1.82, 2.24) is 10.2 Å².